The lowest BCUT2D eigenvalue weighted by molar-refractivity contribution is -0.123. The topological polar surface area (TPSA) is 83.8 Å². The first kappa shape index (κ1) is 17.7. The molecule has 1 saturated heterocycles. The summed E-state index contributed by atoms with van der Waals surface area (Å²) in [6.07, 6.45) is 2.35. The lowest BCUT2D eigenvalue weighted by atomic mass is 10.0. The molecule has 132 valence electrons. The maximum atomic E-state index is 12.3. The number of likely N-dealkylation sites (N-methyl/N-ethyl adjacent to an activating group) is 1. The molecule has 0 radical (unpaired) electrons. The lowest BCUT2D eigenvalue weighted by Gasteiger charge is -2.25. The quantitative estimate of drug-likeness (QED) is 0.828. The van der Waals surface area contributed by atoms with Gasteiger partial charge < -0.3 is 5.32 Å². The van der Waals surface area contributed by atoms with Crippen LogP contribution in [0.5, 0.6) is 0 Å². The van der Waals surface area contributed by atoms with Crippen molar-refractivity contribution in [2.75, 3.05) is 25.1 Å². The summed E-state index contributed by atoms with van der Waals surface area (Å²) >= 11 is 7.66. The molecule has 7 nitrogen and oxygen atoms in total. The number of halogens is 1. The summed E-state index contributed by atoms with van der Waals surface area (Å²) in [5.74, 6) is -0.0695. The highest BCUT2D eigenvalue weighted by Crippen LogP contribution is 2.24. The molecule has 10 heteroatoms. The maximum Gasteiger partial charge on any atom is 0.234 e. The van der Waals surface area contributed by atoms with Crippen LogP contribution in [0.4, 0.5) is 0 Å². The summed E-state index contributed by atoms with van der Waals surface area (Å²) in [5.41, 5.74) is 0.156. The molecule has 3 rings (SSSR count). The van der Waals surface area contributed by atoms with Gasteiger partial charge in [-0.3, -0.25) is 14.1 Å². The van der Waals surface area contributed by atoms with Crippen LogP contribution in [0, 0.1) is 0 Å². The van der Waals surface area contributed by atoms with E-state index in [1.165, 1.54) is 11.3 Å². The van der Waals surface area contributed by atoms with Crippen molar-refractivity contribution in [3.63, 3.8) is 0 Å². The van der Waals surface area contributed by atoms with Crippen LogP contribution >= 0.6 is 22.9 Å². The molecule has 0 saturated carbocycles. The zero-order valence-electron chi connectivity index (χ0n) is 13.5. The Morgan fingerprint density at radius 3 is 3.00 bits per heavy atom. The van der Waals surface area contributed by atoms with Crippen LogP contribution in [0.15, 0.2) is 11.6 Å². The molecule has 2 aromatic rings. The molecule has 3 heterocycles. The van der Waals surface area contributed by atoms with Crippen molar-refractivity contribution >= 4 is 43.6 Å². The van der Waals surface area contributed by atoms with E-state index in [-0.39, 0.29) is 24.0 Å². The van der Waals surface area contributed by atoms with Gasteiger partial charge in [0.1, 0.15) is 0 Å². The Hall–Kier alpha value is -1.16. The predicted molar refractivity (Wildman–Crippen MR) is 94.2 cm³/mol. The van der Waals surface area contributed by atoms with E-state index < -0.39 is 15.4 Å². The molecule has 0 aromatic carbocycles. The van der Waals surface area contributed by atoms with Crippen molar-refractivity contribution in [1.29, 1.82) is 0 Å². The Labute approximate surface area is 149 Å². The summed E-state index contributed by atoms with van der Waals surface area (Å²) in [7, 11) is -1.23. The van der Waals surface area contributed by atoms with E-state index in [0.29, 0.717) is 18.1 Å². The fourth-order valence-electron chi connectivity index (χ4n) is 2.99. The lowest BCUT2D eigenvalue weighted by Crippen LogP contribution is -2.49. The number of hydrogen-bond donors (Lipinski definition) is 1. The molecule has 0 bridgehead atoms. The molecule has 1 fully saturated rings. The van der Waals surface area contributed by atoms with Crippen LogP contribution < -0.4 is 5.32 Å². The maximum absolute atomic E-state index is 12.3. The molecule has 1 aliphatic rings. The molecule has 0 spiro atoms. The van der Waals surface area contributed by atoms with Gasteiger partial charge in [-0.25, -0.2) is 13.4 Å². The second-order valence-electron chi connectivity index (χ2n) is 6.53. The molecule has 24 heavy (non-hydrogen) atoms. The molecular weight excluding hydrogens is 372 g/mol. The second kappa shape index (κ2) is 6.29. The van der Waals surface area contributed by atoms with Gasteiger partial charge in [0.2, 0.25) is 5.91 Å². The van der Waals surface area contributed by atoms with Crippen molar-refractivity contribution in [3.8, 4) is 0 Å². The van der Waals surface area contributed by atoms with Crippen LogP contribution in [0.1, 0.15) is 19.0 Å². The summed E-state index contributed by atoms with van der Waals surface area (Å²) in [4.78, 5) is 19.2. The number of amides is 1. The molecule has 1 atom stereocenters. The van der Waals surface area contributed by atoms with Crippen LogP contribution in [-0.4, -0.2) is 59.2 Å². The van der Waals surface area contributed by atoms with Crippen LogP contribution in [0.3, 0.4) is 0 Å². The number of hydrogen-bond acceptors (Lipinski definition) is 6. The minimum Gasteiger partial charge on any atom is -0.349 e. The average molecular weight is 391 g/mol. The van der Waals surface area contributed by atoms with Gasteiger partial charge >= 0.3 is 0 Å². The number of aromatic nitrogens is 2. The van der Waals surface area contributed by atoms with Gasteiger partial charge in [0.05, 0.1) is 29.3 Å². The number of nitrogens with zero attached hydrogens (tertiary/aromatic N) is 3. The highest BCUT2D eigenvalue weighted by Gasteiger charge is 2.39. The second-order valence-corrected chi connectivity index (χ2v) is 9.94. The zero-order valence-corrected chi connectivity index (χ0v) is 15.8. The fourth-order valence-corrected chi connectivity index (χ4v) is 6.10. The van der Waals surface area contributed by atoms with E-state index in [9.17, 15) is 13.2 Å². The monoisotopic (exact) mass is 390 g/mol. The highest BCUT2D eigenvalue weighted by molar-refractivity contribution is 7.91. The summed E-state index contributed by atoms with van der Waals surface area (Å²) < 4.78 is 25.1. The Morgan fingerprint density at radius 1 is 1.58 bits per heavy atom. The zero-order chi connectivity index (χ0) is 17.5. The van der Waals surface area contributed by atoms with Gasteiger partial charge in [0.25, 0.3) is 0 Å². The Morgan fingerprint density at radius 2 is 2.33 bits per heavy atom. The first-order valence-corrected chi connectivity index (χ1v) is 10.6. The van der Waals surface area contributed by atoms with E-state index in [2.05, 4.69) is 10.3 Å². The van der Waals surface area contributed by atoms with E-state index in [4.69, 9.17) is 11.6 Å². The van der Waals surface area contributed by atoms with Gasteiger partial charge in [0, 0.05) is 18.1 Å². The highest BCUT2D eigenvalue weighted by atomic mass is 35.5. The molecule has 1 N–H and O–H groups in total. The van der Waals surface area contributed by atoms with E-state index in [0.717, 1.165) is 10.7 Å². The minimum absolute atomic E-state index is 0.000565. The SMILES string of the molecule is CN(CC(=O)NC1(C)CCS(=O)(=O)C1)Cc1c(Cl)nc2sccn12. The van der Waals surface area contributed by atoms with Crippen molar-refractivity contribution in [2.24, 2.45) is 0 Å². The first-order chi connectivity index (χ1) is 11.2. The van der Waals surface area contributed by atoms with Gasteiger partial charge in [-0.15, -0.1) is 11.3 Å². The predicted octanol–water partition coefficient (Wildman–Crippen LogP) is 1.17. The van der Waals surface area contributed by atoms with E-state index >= 15 is 0 Å². The third kappa shape index (κ3) is 3.74. The summed E-state index contributed by atoms with van der Waals surface area (Å²) in [6.45, 7) is 2.40. The Balaban J connectivity index is 1.61. The summed E-state index contributed by atoms with van der Waals surface area (Å²) in [6, 6.07) is 0. The number of sulfone groups is 1. The molecule has 1 unspecified atom stereocenters. The van der Waals surface area contributed by atoms with Gasteiger partial charge in [-0.2, -0.15) is 0 Å². The van der Waals surface area contributed by atoms with Crippen LogP contribution in [-0.2, 0) is 21.2 Å². The van der Waals surface area contributed by atoms with Gasteiger partial charge in [-0.1, -0.05) is 11.6 Å². The van der Waals surface area contributed by atoms with Crippen LogP contribution in [0.25, 0.3) is 4.96 Å². The largest absolute Gasteiger partial charge is 0.349 e. The molecule has 2 aromatic heterocycles. The number of thiazole rings is 1. The number of rotatable bonds is 5. The minimum atomic E-state index is -3.05. The van der Waals surface area contributed by atoms with Crippen molar-refractivity contribution in [1.82, 2.24) is 19.6 Å². The number of nitrogens with one attached hydrogen (secondary N) is 1. The Bertz CT molecular complexity index is 876. The fraction of sp³-hybridized carbons (Fsp3) is 0.571. The van der Waals surface area contributed by atoms with Crippen LogP contribution in [0.2, 0.25) is 5.15 Å². The Kier molecular flexibility index (Phi) is 4.63. The third-order valence-electron chi connectivity index (χ3n) is 4.09. The number of carbonyl (C=O) groups is 1. The van der Waals surface area contributed by atoms with E-state index in [1.807, 2.05) is 27.9 Å². The average Bonchev–Trinajstić information content (AvgIpc) is 3.06. The van der Waals surface area contributed by atoms with Gasteiger partial charge in [-0.05, 0) is 20.4 Å². The number of fused-ring (bicyclic) bond motifs is 1. The van der Waals surface area contributed by atoms with Crippen molar-refractivity contribution in [3.05, 3.63) is 22.4 Å². The third-order valence-corrected chi connectivity index (χ3v) is 7.05. The van der Waals surface area contributed by atoms with E-state index in [1.54, 1.807) is 6.92 Å². The summed E-state index contributed by atoms with van der Waals surface area (Å²) in [5, 5.41) is 5.22. The van der Waals surface area contributed by atoms with Crippen molar-refractivity contribution in [2.45, 2.75) is 25.4 Å². The normalized spacial score (nSPS) is 23.2. The molecular formula is C14H19ClN4O3S2. The number of imidazole rings is 1. The molecule has 0 aliphatic carbocycles. The smallest absolute Gasteiger partial charge is 0.234 e. The number of carbonyl (C=O) groups excluding carboxylic acids is 1. The first-order valence-electron chi connectivity index (χ1n) is 7.47. The standard InChI is InChI=1S/C14H19ClN4O3S2/c1-14(3-6-24(21,22)9-14)17-11(20)8-18(2)7-10-12(15)16-13-19(10)4-5-23-13/h4-5H,3,6-9H2,1-2H3,(H,17,20). The molecule has 1 aliphatic heterocycles. The van der Waals surface area contributed by atoms with Gasteiger partial charge in [0.15, 0.2) is 20.0 Å². The molecule has 1 amide bonds. The van der Waals surface area contributed by atoms with Crippen molar-refractivity contribution < 1.29 is 13.2 Å².